The standard InChI is InChI=1S/C22H32N4O/c1-6-19-20(24-23-17-10-8-7-9-11-17)21(26(25-19)22(2,3)4)16-12-14-18(27-5)15-13-16/h7-11,16,18H,6,12-15H2,1-5H3. The summed E-state index contributed by atoms with van der Waals surface area (Å²) in [5.74, 6) is 0.452. The molecule has 0 amide bonds. The van der Waals surface area contributed by atoms with Gasteiger partial charge in [-0.25, -0.2) is 0 Å². The van der Waals surface area contributed by atoms with E-state index in [1.807, 2.05) is 37.4 Å². The van der Waals surface area contributed by atoms with Gasteiger partial charge in [0.2, 0.25) is 0 Å². The molecule has 0 bridgehead atoms. The van der Waals surface area contributed by atoms with E-state index in [1.165, 1.54) is 5.69 Å². The van der Waals surface area contributed by atoms with Crippen molar-refractivity contribution in [2.75, 3.05) is 7.11 Å². The normalized spacial score (nSPS) is 21.1. The zero-order valence-corrected chi connectivity index (χ0v) is 17.3. The van der Waals surface area contributed by atoms with E-state index >= 15 is 0 Å². The Labute approximate surface area is 162 Å². The Balaban J connectivity index is 2.02. The van der Waals surface area contributed by atoms with Crippen LogP contribution in [-0.2, 0) is 16.7 Å². The number of azo groups is 1. The maximum atomic E-state index is 5.57. The van der Waals surface area contributed by atoms with Crippen LogP contribution in [0.5, 0.6) is 0 Å². The molecule has 3 rings (SSSR count). The molecule has 1 aromatic carbocycles. The van der Waals surface area contributed by atoms with Gasteiger partial charge in [-0.2, -0.15) is 10.2 Å². The van der Waals surface area contributed by atoms with Gasteiger partial charge in [-0.3, -0.25) is 4.68 Å². The largest absolute Gasteiger partial charge is 0.381 e. The summed E-state index contributed by atoms with van der Waals surface area (Å²) in [6.07, 6.45) is 5.63. The highest BCUT2D eigenvalue weighted by Gasteiger charge is 2.32. The van der Waals surface area contributed by atoms with Crippen molar-refractivity contribution in [2.24, 2.45) is 10.2 Å². The van der Waals surface area contributed by atoms with Gasteiger partial charge in [0.1, 0.15) is 5.69 Å². The number of nitrogens with zero attached hydrogens (tertiary/aromatic N) is 4. The molecule has 1 aliphatic carbocycles. The minimum absolute atomic E-state index is 0.0854. The number of hydrogen-bond acceptors (Lipinski definition) is 4. The first-order valence-corrected chi connectivity index (χ1v) is 10.1. The van der Waals surface area contributed by atoms with Gasteiger partial charge in [-0.15, -0.1) is 5.11 Å². The fourth-order valence-corrected chi connectivity index (χ4v) is 3.87. The highest BCUT2D eigenvalue weighted by Crippen LogP contribution is 2.42. The minimum atomic E-state index is -0.0854. The summed E-state index contributed by atoms with van der Waals surface area (Å²) >= 11 is 0. The van der Waals surface area contributed by atoms with Crippen LogP contribution in [-0.4, -0.2) is 23.0 Å². The maximum absolute atomic E-state index is 5.57. The molecule has 1 heterocycles. The molecule has 2 aromatic rings. The van der Waals surface area contributed by atoms with E-state index in [4.69, 9.17) is 14.9 Å². The first kappa shape index (κ1) is 19.7. The molecule has 5 heteroatoms. The fraction of sp³-hybridized carbons (Fsp3) is 0.591. The van der Waals surface area contributed by atoms with Gasteiger partial charge < -0.3 is 4.74 Å². The summed E-state index contributed by atoms with van der Waals surface area (Å²) in [6.45, 7) is 8.77. The van der Waals surface area contributed by atoms with Gasteiger partial charge in [-0.05, 0) is 65.0 Å². The van der Waals surface area contributed by atoms with Crippen LogP contribution in [0.3, 0.4) is 0 Å². The number of aryl methyl sites for hydroxylation is 1. The Kier molecular flexibility index (Phi) is 6.10. The van der Waals surface area contributed by atoms with Crippen molar-refractivity contribution < 1.29 is 4.74 Å². The van der Waals surface area contributed by atoms with Crippen molar-refractivity contribution in [3.05, 3.63) is 41.7 Å². The first-order valence-electron chi connectivity index (χ1n) is 10.1. The predicted molar refractivity (Wildman–Crippen MR) is 109 cm³/mol. The van der Waals surface area contributed by atoms with Gasteiger partial charge in [0, 0.05) is 13.0 Å². The van der Waals surface area contributed by atoms with Crippen LogP contribution in [0.25, 0.3) is 0 Å². The molecule has 1 aromatic heterocycles. The Morgan fingerprint density at radius 1 is 1.07 bits per heavy atom. The fourth-order valence-electron chi connectivity index (χ4n) is 3.87. The van der Waals surface area contributed by atoms with Crippen molar-refractivity contribution in [1.29, 1.82) is 0 Å². The topological polar surface area (TPSA) is 51.8 Å². The van der Waals surface area contributed by atoms with E-state index in [0.29, 0.717) is 12.0 Å². The Hall–Kier alpha value is -2.01. The predicted octanol–water partition coefficient (Wildman–Crippen LogP) is 6.29. The van der Waals surface area contributed by atoms with E-state index in [9.17, 15) is 0 Å². The lowest BCUT2D eigenvalue weighted by Gasteiger charge is -2.31. The number of methoxy groups -OCH3 is 1. The Bertz CT molecular complexity index is 766. The molecule has 0 N–H and O–H groups in total. The summed E-state index contributed by atoms with van der Waals surface area (Å²) in [7, 11) is 1.82. The van der Waals surface area contributed by atoms with Crippen LogP contribution in [0.2, 0.25) is 0 Å². The molecule has 0 saturated heterocycles. The molecule has 146 valence electrons. The molecule has 0 spiro atoms. The molecule has 1 saturated carbocycles. The lowest BCUT2D eigenvalue weighted by molar-refractivity contribution is 0.0646. The molecule has 0 aliphatic heterocycles. The highest BCUT2D eigenvalue weighted by atomic mass is 16.5. The quantitative estimate of drug-likeness (QED) is 0.582. The van der Waals surface area contributed by atoms with Gasteiger partial charge in [-0.1, -0.05) is 25.1 Å². The molecule has 1 fully saturated rings. The van der Waals surface area contributed by atoms with Crippen molar-refractivity contribution in [3.63, 3.8) is 0 Å². The smallest absolute Gasteiger partial charge is 0.130 e. The highest BCUT2D eigenvalue weighted by molar-refractivity contribution is 5.50. The minimum Gasteiger partial charge on any atom is -0.381 e. The van der Waals surface area contributed by atoms with Crippen LogP contribution in [0, 0.1) is 0 Å². The summed E-state index contributed by atoms with van der Waals surface area (Å²) in [5, 5.41) is 14.2. The third-order valence-electron chi connectivity index (χ3n) is 5.35. The monoisotopic (exact) mass is 368 g/mol. The molecule has 5 nitrogen and oxygen atoms in total. The van der Waals surface area contributed by atoms with E-state index in [1.54, 1.807) is 0 Å². The van der Waals surface area contributed by atoms with Crippen LogP contribution in [0.1, 0.15) is 70.7 Å². The van der Waals surface area contributed by atoms with Gasteiger partial charge >= 0.3 is 0 Å². The number of benzene rings is 1. The first-order chi connectivity index (χ1) is 12.9. The van der Waals surface area contributed by atoms with Crippen LogP contribution in [0.15, 0.2) is 40.6 Å². The zero-order valence-electron chi connectivity index (χ0n) is 17.3. The SMILES string of the molecule is CCc1nn(C(C)(C)C)c(C2CCC(OC)CC2)c1N=Nc1ccccc1. The summed E-state index contributed by atoms with van der Waals surface area (Å²) in [5.41, 5.74) is 4.04. The molecule has 27 heavy (non-hydrogen) atoms. The average molecular weight is 369 g/mol. The molecular formula is C22H32N4O. The third kappa shape index (κ3) is 4.46. The van der Waals surface area contributed by atoms with E-state index in [-0.39, 0.29) is 5.54 Å². The van der Waals surface area contributed by atoms with Crippen molar-refractivity contribution in [1.82, 2.24) is 9.78 Å². The van der Waals surface area contributed by atoms with E-state index in [0.717, 1.165) is 49.2 Å². The summed E-state index contributed by atoms with van der Waals surface area (Å²) in [6, 6.07) is 9.93. The number of rotatable bonds is 5. The maximum Gasteiger partial charge on any atom is 0.130 e. The zero-order chi connectivity index (χ0) is 19.4. The van der Waals surface area contributed by atoms with Crippen molar-refractivity contribution in [2.45, 2.75) is 77.4 Å². The summed E-state index contributed by atoms with van der Waals surface area (Å²) in [4.78, 5) is 0. The second kappa shape index (κ2) is 8.34. The van der Waals surface area contributed by atoms with Crippen LogP contribution in [0.4, 0.5) is 11.4 Å². The van der Waals surface area contributed by atoms with Crippen molar-refractivity contribution >= 4 is 11.4 Å². The summed E-state index contributed by atoms with van der Waals surface area (Å²) < 4.78 is 7.77. The van der Waals surface area contributed by atoms with Crippen molar-refractivity contribution in [3.8, 4) is 0 Å². The van der Waals surface area contributed by atoms with Gasteiger partial charge in [0.25, 0.3) is 0 Å². The lowest BCUT2D eigenvalue weighted by Crippen LogP contribution is -2.28. The molecule has 1 aliphatic rings. The molecule has 0 radical (unpaired) electrons. The molecular weight excluding hydrogens is 336 g/mol. The van der Waals surface area contributed by atoms with Crippen LogP contribution < -0.4 is 0 Å². The van der Waals surface area contributed by atoms with Gasteiger partial charge in [0.15, 0.2) is 0 Å². The molecule has 0 atom stereocenters. The number of hydrogen-bond donors (Lipinski definition) is 0. The van der Waals surface area contributed by atoms with E-state index < -0.39 is 0 Å². The second-order valence-corrected chi connectivity index (χ2v) is 8.36. The third-order valence-corrected chi connectivity index (χ3v) is 5.35. The Morgan fingerprint density at radius 2 is 1.74 bits per heavy atom. The van der Waals surface area contributed by atoms with Crippen LogP contribution >= 0.6 is 0 Å². The van der Waals surface area contributed by atoms with Gasteiger partial charge in [0.05, 0.1) is 28.7 Å². The van der Waals surface area contributed by atoms with E-state index in [2.05, 4.69) is 37.5 Å². The second-order valence-electron chi connectivity index (χ2n) is 8.36. The average Bonchev–Trinajstić information content (AvgIpc) is 3.06. The Morgan fingerprint density at radius 3 is 2.30 bits per heavy atom. The lowest BCUT2D eigenvalue weighted by atomic mass is 9.84. The molecule has 0 unspecified atom stereocenters. The number of aromatic nitrogens is 2. The number of ether oxygens (including phenoxy) is 1.